The first-order valence-corrected chi connectivity index (χ1v) is 18.6. The third-order valence-electron chi connectivity index (χ3n) is 8.41. The van der Waals surface area contributed by atoms with E-state index in [2.05, 4.69) is 13.8 Å². The van der Waals surface area contributed by atoms with Crippen molar-refractivity contribution in [3.63, 3.8) is 0 Å². The molecule has 0 aromatic heterocycles. The van der Waals surface area contributed by atoms with Crippen LogP contribution in [0.2, 0.25) is 0 Å². The molecule has 0 aliphatic heterocycles. The van der Waals surface area contributed by atoms with E-state index in [1.54, 1.807) is 31.2 Å². The van der Waals surface area contributed by atoms with Crippen molar-refractivity contribution in [2.24, 2.45) is 0 Å². The first-order chi connectivity index (χ1) is 24.8. The van der Waals surface area contributed by atoms with Gasteiger partial charge in [0.2, 0.25) is 0 Å². The Hall–Kier alpha value is -4.37. The monoisotopic (exact) mass is 704 g/mol. The fourth-order valence-corrected chi connectivity index (χ4v) is 5.30. The van der Waals surface area contributed by atoms with Gasteiger partial charge in [0.05, 0.1) is 24.8 Å². The Kier molecular flexibility index (Phi) is 19.3. The molecule has 1 unspecified atom stereocenters. The zero-order valence-corrected chi connectivity index (χ0v) is 30.9. The van der Waals surface area contributed by atoms with Gasteiger partial charge in [0.15, 0.2) is 17.6 Å². The van der Waals surface area contributed by atoms with Crippen LogP contribution in [0, 0.1) is 0 Å². The number of esters is 3. The molecular weight excluding hydrogens is 648 g/mol. The lowest BCUT2D eigenvalue weighted by Gasteiger charge is -2.13. The van der Waals surface area contributed by atoms with Gasteiger partial charge in [-0.25, -0.2) is 14.4 Å². The Morgan fingerprint density at radius 1 is 0.529 bits per heavy atom. The highest BCUT2D eigenvalue weighted by molar-refractivity contribution is 5.93. The van der Waals surface area contributed by atoms with Crippen molar-refractivity contribution >= 4 is 17.9 Å². The zero-order chi connectivity index (χ0) is 36.7. The summed E-state index contributed by atoms with van der Waals surface area (Å²) < 4.78 is 33.4. The van der Waals surface area contributed by atoms with E-state index in [0.717, 1.165) is 31.4 Å². The predicted molar refractivity (Wildman–Crippen MR) is 198 cm³/mol. The van der Waals surface area contributed by atoms with Crippen LogP contribution in [-0.4, -0.2) is 44.3 Å². The van der Waals surface area contributed by atoms with Crippen molar-refractivity contribution < 1.29 is 42.8 Å². The molecule has 0 spiro atoms. The fraction of sp³-hybridized carbons (Fsp3) is 0.500. The van der Waals surface area contributed by atoms with Crippen LogP contribution in [0.25, 0.3) is 0 Å². The predicted octanol–water partition coefficient (Wildman–Crippen LogP) is 10.3. The van der Waals surface area contributed by atoms with Gasteiger partial charge < -0.3 is 28.4 Å². The molecule has 51 heavy (non-hydrogen) atoms. The van der Waals surface area contributed by atoms with Crippen molar-refractivity contribution in [1.29, 1.82) is 0 Å². The van der Waals surface area contributed by atoms with E-state index >= 15 is 0 Å². The Labute approximate surface area is 303 Å². The molecule has 3 aromatic rings. The summed E-state index contributed by atoms with van der Waals surface area (Å²) in [7, 11) is 1.41. The highest BCUT2D eigenvalue weighted by atomic mass is 16.6. The molecule has 0 N–H and O–H groups in total. The first-order valence-electron chi connectivity index (χ1n) is 18.6. The summed E-state index contributed by atoms with van der Waals surface area (Å²) in [6, 6.07) is 17.4. The summed E-state index contributed by atoms with van der Waals surface area (Å²) in [6.07, 6.45) is 16.0. The molecule has 0 heterocycles. The van der Waals surface area contributed by atoms with Crippen molar-refractivity contribution in [3.8, 4) is 28.7 Å². The second kappa shape index (κ2) is 23.9. The molecule has 0 saturated carbocycles. The molecule has 278 valence electrons. The van der Waals surface area contributed by atoms with Gasteiger partial charge in [-0.3, -0.25) is 0 Å². The van der Waals surface area contributed by atoms with Gasteiger partial charge in [-0.1, -0.05) is 90.9 Å². The third-order valence-corrected chi connectivity index (χ3v) is 8.41. The second-order valence-corrected chi connectivity index (χ2v) is 12.7. The van der Waals surface area contributed by atoms with E-state index < -0.39 is 24.0 Å². The van der Waals surface area contributed by atoms with Crippen LogP contribution in [0.4, 0.5) is 0 Å². The molecule has 0 bridgehead atoms. The zero-order valence-electron chi connectivity index (χ0n) is 30.9. The quantitative estimate of drug-likeness (QED) is 0.0484. The van der Waals surface area contributed by atoms with Crippen LogP contribution in [0.15, 0.2) is 66.7 Å². The standard InChI is InChI=1S/C42H56O9/c1-5-7-9-11-13-14-16-17-29-47-32(3)40(43)49-36-22-19-33(20-23-36)41(44)51-38-28-21-34(31-39(38)46-4)42(45)50-37-26-24-35(25-27-37)48-30-18-15-12-10-8-6-2/h19-28,31-32H,5-18,29-30H2,1-4H3. The molecule has 0 radical (unpaired) electrons. The summed E-state index contributed by atoms with van der Waals surface area (Å²) in [5, 5.41) is 0. The van der Waals surface area contributed by atoms with Crippen LogP contribution in [0.5, 0.6) is 28.7 Å². The number of hydrogen-bond acceptors (Lipinski definition) is 9. The topological polar surface area (TPSA) is 107 Å². The van der Waals surface area contributed by atoms with E-state index in [1.807, 2.05) is 0 Å². The molecule has 0 aliphatic carbocycles. The van der Waals surface area contributed by atoms with Gasteiger partial charge in [-0.15, -0.1) is 0 Å². The maximum Gasteiger partial charge on any atom is 0.343 e. The van der Waals surface area contributed by atoms with Gasteiger partial charge in [-0.05, 0) is 86.5 Å². The lowest BCUT2D eigenvalue weighted by atomic mass is 10.1. The van der Waals surface area contributed by atoms with E-state index in [-0.39, 0.29) is 28.4 Å². The van der Waals surface area contributed by atoms with E-state index in [1.165, 1.54) is 114 Å². The smallest absolute Gasteiger partial charge is 0.343 e. The largest absolute Gasteiger partial charge is 0.494 e. The van der Waals surface area contributed by atoms with Gasteiger partial charge in [0.1, 0.15) is 17.2 Å². The number of hydrogen-bond donors (Lipinski definition) is 0. The van der Waals surface area contributed by atoms with Gasteiger partial charge in [0.25, 0.3) is 0 Å². The van der Waals surface area contributed by atoms with Crippen LogP contribution < -0.4 is 23.7 Å². The van der Waals surface area contributed by atoms with Crippen LogP contribution in [0.3, 0.4) is 0 Å². The molecular formula is C42H56O9. The van der Waals surface area contributed by atoms with Gasteiger partial charge in [-0.2, -0.15) is 0 Å². The Morgan fingerprint density at radius 3 is 1.63 bits per heavy atom. The number of carbonyl (C=O) groups excluding carboxylic acids is 3. The number of benzene rings is 3. The molecule has 9 heteroatoms. The fourth-order valence-electron chi connectivity index (χ4n) is 5.30. The molecule has 0 saturated heterocycles. The summed E-state index contributed by atoms with van der Waals surface area (Å²) in [4.78, 5) is 38.2. The lowest BCUT2D eigenvalue weighted by molar-refractivity contribution is -0.146. The molecule has 0 aliphatic rings. The number of unbranched alkanes of at least 4 members (excludes halogenated alkanes) is 12. The molecule has 9 nitrogen and oxygen atoms in total. The van der Waals surface area contributed by atoms with Crippen molar-refractivity contribution in [2.45, 2.75) is 117 Å². The first kappa shape index (κ1) is 41.1. The Balaban J connectivity index is 1.42. The van der Waals surface area contributed by atoms with E-state index in [0.29, 0.717) is 19.0 Å². The van der Waals surface area contributed by atoms with E-state index in [9.17, 15) is 14.4 Å². The number of rotatable bonds is 25. The lowest BCUT2D eigenvalue weighted by Crippen LogP contribution is -2.26. The summed E-state index contributed by atoms with van der Waals surface area (Å²) in [5.41, 5.74) is 0.455. The minimum Gasteiger partial charge on any atom is -0.494 e. The number of ether oxygens (including phenoxy) is 6. The maximum atomic E-state index is 12.9. The Morgan fingerprint density at radius 2 is 1.02 bits per heavy atom. The SMILES string of the molecule is CCCCCCCCCCOC(C)C(=O)Oc1ccc(C(=O)Oc2ccc(C(=O)Oc3ccc(OCCCCCCCC)cc3)cc2OC)cc1. The second-order valence-electron chi connectivity index (χ2n) is 12.7. The summed E-state index contributed by atoms with van der Waals surface area (Å²) >= 11 is 0. The molecule has 1 atom stereocenters. The minimum atomic E-state index is -0.702. The van der Waals surface area contributed by atoms with Gasteiger partial charge in [0, 0.05) is 6.61 Å². The normalized spacial score (nSPS) is 11.5. The average molecular weight is 705 g/mol. The van der Waals surface area contributed by atoms with Crippen LogP contribution >= 0.6 is 0 Å². The number of carbonyl (C=O) groups is 3. The third kappa shape index (κ3) is 15.6. The summed E-state index contributed by atoms with van der Waals surface area (Å²) in [6.45, 7) is 7.25. The van der Waals surface area contributed by atoms with E-state index in [4.69, 9.17) is 28.4 Å². The highest BCUT2D eigenvalue weighted by Crippen LogP contribution is 2.30. The Bertz CT molecular complexity index is 1450. The van der Waals surface area contributed by atoms with Crippen LogP contribution in [0.1, 0.15) is 131 Å². The maximum absolute atomic E-state index is 12.9. The van der Waals surface area contributed by atoms with Gasteiger partial charge >= 0.3 is 17.9 Å². The van der Waals surface area contributed by atoms with Crippen LogP contribution in [-0.2, 0) is 9.53 Å². The highest BCUT2D eigenvalue weighted by Gasteiger charge is 2.19. The molecule has 3 rings (SSSR count). The molecule has 0 fully saturated rings. The average Bonchev–Trinajstić information content (AvgIpc) is 3.14. The van der Waals surface area contributed by atoms with Crippen molar-refractivity contribution in [1.82, 2.24) is 0 Å². The minimum absolute atomic E-state index is 0.129. The van der Waals surface area contributed by atoms with Crippen molar-refractivity contribution in [2.75, 3.05) is 20.3 Å². The molecule has 0 amide bonds. The number of methoxy groups -OCH3 is 1. The van der Waals surface area contributed by atoms with Crippen molar-refractivity contribution in [3.05, 3.63) is 77.9 Å². The molecule has 3 aromatic carbocycles. The summed E-state index contributed by atoms with van der Waals surface area (Å²) in [5.74, 6) is -0.0566.